The Hall–Kier alpha value is -0.960. The molecule has 1 atom stereocenters. The molecule has 0 spiro atoms. The minimum Gasteiger partial charge on any atom is -0.508 e. The third-order valence-corrected chi connectivity index (χ3v) is 1.78. The van der Waals surface area contributed by atoms with Gasteiger partial charge in [0.15, 0.2) is 0 Å². The number of carbonyl (C=O) groups is 1. The molecule has 0 aromatic heterocycles. The first kappa shape index (κ1) is 8.14. The fourth-order valence-electron chi connectivity index (χ4n) is 0.750. The Labute approximate surface area is 70.3 Å². The van der Waals surface area contributed by atoms with Gasteiger partial charge >= 0.3 is 0 Å². The first-order chi connectivity index (χ1) is 5.24. The lowest BCUT2D eigenvalue weighted by Crippen LogP contribution is -1.89. The SMILES string of the molecule is O=CC(S)c1ccc(O)cc1. The van der Waals surface area contributed by atoms with Gasteiger partial charge in [-0.1, -0.05) is 12.1 Å². The fraction of sp³-hybridized carbons (Fsp3) is 0.125. The van der Waals surface area contributed by atoms with E-state index in [0.29, 0.717) is 0 Å². The van der Waals surface area contributed by atoms with Crippen LogP contribution in [-0.2, 0) is 4.79 Å². The van der Waals surface area contributed by atoms with Crippen molar-refractivity contribution >= 4 is 18.9 Å². The second kappa shape index (κ2) is 3.44. The largest absolute Gasteiger partial charge is 0.508 e. The van der Waals surface area contributed by atoms with Crippen LogP contribution >= 0.6 is 12.6 Å². The van der Waals surface area contributed by atoms with Gasteiger partial charge < -0.3 is 9.90 Å². The standard InChI is InChI=1S/C8H8O2S/c9-5-8(11)6-1-3-7(10)4-2-6/h1-5,8,10-11H. The van der Waals surface area contributed by atoms with Gasteiger partial charge in [-0.3, -0.25) is 0 Å². The molecule has 0 saturated carbocycles. The molecule has 0 radical (unpaired) electrons. The maximum Gasteiger partial charge on any atom is 0.137 e. The van der Waals surface area contributed by atoms with E-state index in [9.17, 15) is 4.79 Å². The smallest absolute Gasteiger partial charge is 0.137 e. The Bertz CT molecular complexity index is 243. The van der Waals surface area contributed by atoms with Gasteiger partial charge in [0.25, 0.3) is 0 Å². The van der Waals surface area contributed by atoms with E-state index in [-0.39, 0.29) is 5.75 Å². The highest BCUT2D eigenvalue weighted by atomic mass is 32.1. The molecule has 11 heavy (non-hydrogen) atoms. The van der Waals surface area contributed by atoms with Crippen molar-refractivity contribution in [1.29, 1.82) is 0 Å². The summed E-state index contributed by atoms with van der Waals surface area (Å²) in [5, 5.41) is 8.50. The van der Waals surface area contributed by atoms with Crippen molar-refractivity contribution in [3.63, 3.8) is 0 Å². The van der Waals surface area contributed by atoms with Gasteiger partial charge in [-0.2, -0.15) is 12.6 Å². The Kier molecular flexibility index (Phi) is 2.54. The van der Waals surface area contributed by atoms with Crippen molar-refractivity contribution in [2.45, 2.75) is 5.25 Å². The van der Waals surface area contributed by atoms with Crippen molar-refractivity contribution in [2.75, 3.05) is 0 Å². The van der Waals surface area contributed by atoms with Crippen molar-refractivity contribution in [2.24, 2.45) is 0 Å². The molecule has 0 amide bonds. The van der Waals surface area contributed by atoms with E-state index in [1.54, 1.807) is 12.1 Å². The zero-order chi connectivity index (χ0) is 8.27. The number of carbonyl (C=O) groups excluding carboxylic acids is 1. The van der Waals surface area contributed by atoms with Crippen LogP contribution in [0.2, 0.25) is 0 Å². The summed E-state index contributed by atoms with van der Waals surface area (Å²) >= 11 is 4.00. The van der Waals surface area contributed by atoms with Crippen molar-refractivity contribution in [3.8, 4) is 5.75 Å². The molecule has 0 bridgehead atoms. The number of hydrogen-bond acceptors (Lipinski definition) is 3. The maximum atomic E-state index is 10.3. The molecule has 3 heteroatoms. The highest BCUT2D eigenvalue weighted by Gasteiger charge is 2.02. The molecule has 0 fully saturated rings. The second-order valence-electron chi connectivity index (χ2n) is 2.17. The van der Waals surface area contributed by atoms with Crippen LogP contribution in [0.5, 0.6) is 5.75 Å². The van der Waals surface area contributed by atoms with Gasteiger partial charge in [0.05, 0.1) is 5.25 Å². The summed E-state index contributed by atoms with van der Waals surface area (Å²) in [5.41, 5.74) is 0.793. The van der Waals surface area contributed by atoms with E-state index in [1.807, 2.05) is 0 Å². The van der Waals surface area contributed by atoms with E-state index < -0.39 is 5.25 Å². The van der Waals surface area contributed by atoms with Crippen molar-refractivity contribution in [1.82, 2.24) is 0 Å². The normalized spacial score (nSPS) is 12.5. The molecule has 1 unspecified atom stereocenters. The zero-order valence-electron chi connectivity index (χ0n) is 5.77. The summed E-state index contributed by atoms with van der Waals surface area (Å²) < 4.78 is 0. The van der Waals surface area contributed by atoms with Crippen LogP contribution in [-0.4, -0.2) is 11.4 Å². The molecule has 1 aromatic rings. The fourth-order valence-corrected chi connectivity index (χ4v) is 0.922. The first-order valence-corrected chi connectivity index (χ1v) is 3.68. The number of rotatable bonds is 2. The Morgan fingerprint density at radius 3 is 2.36 bits per heavy atom. The summed E-state index contributed by atoms with van der Waals surface area (Å²) in [5.74, 6) is 0.195. The van der Waals surface area contributed by atoms with Crippen LogP contribution in [0.3, 0.4) is 0 Å². The molecule has 0 aliphatic heterocycles. The Morgan fingerprint density at radius 2 is 1.91 bits per heavy atom. The number of aromatic hydroxyl groups is 1. The summed E-state index contributed by atoms with van der Waals surface area (Å²) in [6.07, 6.45) is 0.746. The van der Waals surface area contributed by atoms with Crippen molar-refractivity contribution < 1.29 is 9.90 Å². The molecule has 2 nitrogen and oxygen atoms in total. The molecule has 0 aliphatic carbocycles. The van der Waals surface area contributed by atoms with Crippen LogP contribution in [0.1, 0.15) is 10.8 Å². The average molecular weight is 168 g/mol. The molecule has 0 saturated heterocycles. The minimum absolute atomic E-state index is 0.195. The average Bonchev–Trinajstić information content (AvgIpc) is 2.05. The lowest BCUT2D eigenvalue weighted by Gasteiger charge is -2.01. The van der Waals surface area contributed by atoms with Gasteiger partial charge in [0.2, 0.25) is 0 Å². The zero-order valence-corrected chi connectivity index (χ0v) is 6.66. The number of hydrogen-bond donors (Lipinski definition) is 2. The lowest BCUT2D eigenvalue weighted by atomic mass is 10.1. The molecular formula is C8H8O2S. The topological polar surface area (TPSA) is 37.3 Å². The molecule has 0 heterocycles. The maximum absolute atomic E-state index is 10.3. The molecular weight excluding hydrogens is 160 g/mol. The van der Waals surface area contributed by atoms with E-state index in [2.05, 4.69) is 12.6 Å². The molecule has 0 aliphatic rings. The number of thiol groups is 1. The van der Waals surface area contributed by atoms with Crippen molar-refractivity contribution in [3.05, 3.63) is 29.8 Å². The molecule has 58 valence electrons. The van der Waals surface area contributed by atoms with E-state index in [0.717, 1.165) is 11.8 Å². The number of benzene rings is 1. The summed E-state index contributed by atoms with van der Waals surface area (Å²) in [4.78, 5) is 10.3. The van der Waals surface area contributed by atoms with Gasteiger partial charge in [0, 0.05) is 0 Å². The van der Waals surface area contributed by atoms with Gasteiger partial charge in [0.1, 0.15) is 12.0 Å². The van der Waals surface area contributed by atoms with Gasteiger partial charge in [-0.25, -0.2) is 0 Å². The molecule has 1 N–H and O–H groups in total. The van der Waals surface area contributed by atoms with E-state index in [4.69, 9.17) is 5.11 Å². The van der Waals surface area contributed by atoms with Crippen LogP contribution in [0.25, 0.3) is 0 Å². The highest BCUT2D eigenvalue weighted by molar-refractivity contribution is 7.81. The third kappa shape index (κ3) is 1.98. The van der Waals surface area contributed by atoms with Crippen LogP contribution < -0.4 is 0 Å². The quantitative estimate of drug-likeness (QED) is 0.519. The molecule has 1 aromatic carbocycles. The monoisotopic (exact) mass is 168 g/mol. The van der Waals surface area contributed by atoms with Crippen LogP contribution in [0, 0.1) is 0 Å². The lowest BCUT2D eigenvalue weighted by molar-refractivity contribution is -0.107. The summed E-state index contributed by atoms with van der Waals surface area (Å²) in [7, 11) is 0. The summed E-state index contributed by atoms with van der Waals surface area (Å²) in [6.45, 7) is 0. The minimum atomic E-state index is -0.393. The van der Waals surface area contributed by atoms with E-state index in [1.165, 1.54) is 12.1 Å². The number of phenols is 1. The second-order valence-corrected chi connectivity index (χ2v) is 2.73. The Balaban J connectivity index is 2.89. The summed E-state index contributed by atoms with van der Waals surface area (Å²) in [6, 6.07) is 6.40. The predicted octanol–water partition coefficient (Wildman–Crippen LogP) is 1.56. The number of phenolic OH excluding ortho intramolecular Hbond substituents is 1. The Morgan fingerprint density at radius 1 is 1.36 bits per heavy atom. The predicted molar refractivity (Wildman–Crippen MR) is 45.9 cm³/mol. The highest BCUT2D eigenvalue weighted by Crippen LogP contribution is 2.19. The van der Waals surface area contributed by atoms with Gasteiger partial charge in [-0.15, -0.1) is 0 Å². The van der Waals surface area contributed by atoms with Gasteiger partial charge in [-0.05, 0) is 17.7 Å². The van der Waals surface area contributed by atoms with Crippen LogP contribution in [0.15, 0.2) is 24.3 Å². The van der Waals surface area contributed by atoms with E-state index >= 15 is 0 Å². The first-order valence-electron chi connectivity index (χ1n) is 3.16. The molecule has 1 rings (SSSR count). The van der Waals surface area contributed by atoms with Crippen LogP contribution in [0.4, 0.5) is 0 Å². The number of aldehydes is 1. The third-order valence-electron chi connectivity index (χ3n) is 1.36.